The Labute approximate surface area is 140 Å². The summed E-state index contributed by atoms with van der Waals surface area (Å²) in [5.41, 5.74) is 3.41. The molecule has 5 nitrogen and oxygen atoms in total. The lowest BCUT2D eigenvalue weighted by atomic mass is 10.1. The topological polar surface area (TPSA) is 74.2 Å². The molecule has 122 valence electrons. The van der Waals surface area contributed by atoms with Gasteiger partial charge in [-0.1, -0.05) is 30.3 Å². The number of para-hydroxylation sites is 1. The lowest BCUT2D eigenvalue weighted by molar-refractivity contribution is -0.114. The lowest BCUT2D eigenvalue weighted by Crippen LogP contribution is -2.08. The number of hydrogen-bond donors (Lipinski definition) is 3. The van der Waals surface area contributed by atoms with E-state index in [1.54, 1.807) is 0 Å². The van der Waals surface area contributed by atoms with Gasteiger partial charge in [-0.15, -0.1) is 0 Å². The van der Waals surface area contributed by atoms with Crippen molar-refractivity contribution in [3.8, 4) is 0 Å². The van der Waals surface area contributed by atoms with Crippen LogP contribution in [0.25, 0.3) is 10.9 Å². The van der Waals surface area contributed by atoms with Crippen molar-refractivity contribution in [3.63, 3.8) is 0 Å². The van der Waals surface area contributed by atoms with Gasteiger partial charge in [0.25, 0.3) is 0 Å². The van der Waals surface area contributed by atoms with Crippen LogP contribution in [-0.4, -0.2) is 16.0 Å². The van der Waals surface area contributed by atoms with Gasteiger partial charge in [0, 0.05) is 30.1 Å². The molecule has 0 aliphatic heterocycles. The van der Waals surface area contributed by atoms with Gasteiger partial charge < -0.3 is 15.7 Å². The second-order valence-electron chi connectivity index (χ2n) is 5.58. The zero-order valence-electron chi connectivity index (χ0n) is 13.4. The first-order valence-electron chi connectivity index (χ1n) is 7.75. The second kappa shape index (κ2) is 7.10. The van der Waals surface area contributed by atoms with E-state index in [0.29, 0.717) is 12.4 Å². The summed E-state index contributed by atoms with van der Waals surface area (Å²) < 4.78 is 0. The standard InChI is InChI=1S/C19H19N3O2/c1-13(24)21-17-7-4-5-14(9-17)11-20-19-16(12-23)10-15-6-2-3-8-18(15)22-19/h2-10,23H,11-12H2,1H3,(H,20,22)(H,21,24). The molecule has 0 saturated carbocycles. The van der Waals surface area contributed by atoms with Gasteiger partial charge in [0.15, 0.2) is 0 Å². The smallest absolute Gasteiger partial charge is 0.221 e. The normalized spacial score (nSPS) is 10.6. The third kappa shape index (κ3) is 3.70. The van der Waals surface area contributed by atoms with Crippen molar-refractivity contribution < 1.29 is 9.90 Å². The molecular formula is C19H19N3O2. The van der Waals surface area contributed by atoms with Crippen molar-refractivity contribution in [2.45, 2.75) is 20.1 Å². The summed E-state index contributed by atoms with van der Waals surface area (Å²) in [4.78, 5) is 15.7. The van der Waals surface area contributed by atoms with Gasteiger partial charge in [0.2, 0.25) is 5.91 Å². The Balaban J connectivity index is 1.81. The minimum Gasteiger partial charge on any atom is -0.392 e. The number of aliphatic hydroxyl groups excluding tert-OH is 1. The molecule has 0 atom stereocenters. The highest BCUT2D eigenvalue weighted by atomic mass is 16.3. The van der Waals surface area contributed by atoms with Crippen molar-refractivity contribution in [1.29, 1.82) is 0 Å². The van der Waals surface area contributed by atoms with Crippen LogP contribution < -0.4 is 10.6 Å². The quantitative estimate of drug-likeness (QED) is 0.674. The summed E-state index contributed by atoms with van der Waals surface area (Å²) in [6, 6.07) is 17.4. The van der Waals surface area contributed by atoms with Crippen LogP contribution in [0.4, 0.5) is 11.5 Å². The molecule has 0 saturated heterocycles. The van der Waals surface area contributed by atoms with Crippen molar-refractivity contribution in [3.05, 3.63) is 65.7 Å². The summed E-state index contributed by atoms with van der Waals surface area (Å²) in [6.07, 6.45) is 0. The van der Waals surface area contributed by atoms with Gasteiger partial charge in [-0.05, 0) is 29.8 Å². The van der Waals surface area contributed by atoms with E-state index < -0.39 is 0 Å². The molecule has 0 spiro atoms. The number of pyridine rings is 1. The monoisotopic (exact) mass is 321 g/mol. The maximum absolute atomic E-state index is 11.1. The van der Waals surface area contributed by atoms with Crippen LogP contribution in [0.5, 0.6) is 0 Å². The predicted molar refractivity (Wildman–Crippen MR) is 95.7 cm³/mol. The van der Waals surface area contributed by atoms with Crippen LogP contribution in [-0.2, 0) is 17.9 Å². The first-order valence-corrected chi connectivity index (χ1v) is 7.75. The molecule has 1 heterocycles. The number of aliphatic hydroxyl groups is 1. The number of carbonyl (C=O) groups excluding carboxylic acids is 1. The Morgan fingerprint density at radius 3 is 2.75 bits per heavy atom. The number of anilines is 2. The number of hydrogen-bond acceptors (Lipinski definition) is 4. The fraction of sp³-hybridized carbons (Fsp3) is 0.158. The number of aromatic nitrogens is 1. The molecule has 2 aromatic carbocycles. The van der Waals surface area contributed by atoms with Crippen LogP contribution in [0.1, 0.15) is 18.1 Å². The van der Waals surface area contributed by atoms with Crippen molar-refractivity contribution in [2.24, 2.45) is 0 Å². The average molecular weight is 321 g/mol. The Kier molecular flexibility index (Phi) is 4.72. The van der Waals surface area contributed by atoms with Crippen molar-refractivity contribution in [2.75, 3.05) is 10.6 Å². The predicted octanol–water partition coefficient (Wildman–Crippen LogP) is 3.30. The van der Waals surface area contributed by atoms with E-state index in [4.69, 9.17) is 0 Å². The SMILES string of the molecule is CC(=O)Nc1cccc(CNc2nc3ccccc3cc2CO)c1. The molecule has 1 aromatic heterocycles. The Morgan fingerprint density at radius 2 is 1.96 bits per heavy atom. The molecule has 0 aliphatic rings. The van der Waals surface area contributed by atoms with E-state index in [2.05, 4.69) is 15.6 Å². The molecule has 0 fully saturated rings. The van der Waals surface area contributed by atoms with E-state index in [1.807, 2.05) is 54.6 Å². The first kappa shape index (κ1) is 16.0. The zero-order chi connectivity index (χ0) is 16.9. The number of amides is 1. The van der Waals surface area contributed by atoms with Gasteiger partial charge in [0.1, 0.15) is 5.82 Å². The molecule has 0 unspecified atom stereocenters. The molecule has 0 radical (unpaired) electrons. The fourth-order valence-electron chi connectivity index (χ4n) is 2.58. The lowest BCUT2D eigenvalue weighted by Gasteiger charge is -2.12. The van der Waals surface area contributed by atoms with Gasteiger partial charge >= 0.3 is 0 Å². The zero-order valence-corrected chi connectivity index (χ0v) is 13.4. The molecule has 3 N–H and O–H groups in total. The third-order valence-corrected chi connectivity index (χ3v) is 3.68. The summed E-state index contributed by atoms with van der Waals surface area (Å²) >= 11 is 0. The summed E-state index contributed by atoms with van der Waals surface area (Å²) in [5.74, 6) is 0.569. The van der Waals surface area contributed by atoms with Gasteiger partial charge in [-0.3, -0.25) is 4.79 Å². The maximum Gasteiger partial charge on any atom is 0.221 e. The van der Waals surface area contributed by atoms with Gasteiger partial charge in [0.05, 0.1) is 12.1 Å². The molecule has 1 amide bonds. The average Bonchev–Trinajstić information content (AvgIpc) is 2.59. The number of benzene rings is 2. The highest BCUT2D eigenvalue weighted by Crippen LogP contribution is 2.21. The maximum atomic E-state index is 11.1. The Morgan fingerprint density at radius 1 is 1.12 bits per heavy atom. The number of rotatable bonds is 5. The van der Waals surface area contributed by atoms with Crippen LogP contribution >= 0.6 is 0 Å². The van der Waals surface area contributed by atoms with E-state index in [0.717, 1.165) is 27.7 Å². The summed E-state index contributed by atoms with van der Waals surface area (Å²) in [6.45, 7) is 1.95. The Bertz CT molecular complexity index is 877. The molecule has 0 bridgehead atoms. The van der Waals surface area contributed by atoms with Crippen LogP contribution in [0.15, 0.2) is 54.6 Å². The number of nitrogens with one attached hydrogen (secondary N) is 2. The number of fused-ring (bicyclic) bond motifs is 1. The minimum absolute atomic E-state index is 0.0773. The van der Waals surface area contributed by atoms with Gasteiger partial charge in [-0.2, -0.15) is 0 Å². The minimum atomic E-state index is -0.0983. The van der Waals surface area contributed by atoms with E-state index in [9.17, 15) is 9.90 Å². The largest absolute Gasteiger partial charge is 0.392 e. The summed E-state index contributed by atoms with van der Waals surface area (Å²) in [7, 11) is 0. The van der Waals surface area contributed by atoms with E-state index in [-0.39, 0.29) is 12.5 Å². The fourth-order valence-corrected chi connectivity index (χ4v) is 2.58. The second-order valence-corrected chi connectivity index (χ2v) is 5.58. The molecule has 5 heteroatoms. The van der Waals surface area contributed by atoms with Crippen LogP contribution in [0.2, 0.25) is 0 Å². The Hall–Kier alpha value is -2.92. The highest BCUT2D eigenvalue weighted by Gasteiger charge is 2.06. The van der Waals surface area contributed by atoms with E-state index >= 15 is 0 Å². The first-order chi connectivity index (χ1) is 11.7. The molecule has 24 heavy (non-hydrogen) atoms. The third-order valence-electron chi connectivity index (χ3n) is 3.68. The highest BCUT2D eigenvalue weighted by molar-refractivity contribution is 5.88. The molecule has 3 aromatic rings. The van der Waals surface area contributed by atoms with Crippen LogP contribution in [0.3, 0.4) is 0 Å². The van der Waals surface area contributed by atoms with Crippen LogP contribution in [0, 0.1) is 0 Å². The molecule has 3 rings (SSSR count). The summed E-state index contributed by atoms with van der Waals surface area (Å²) in [5, 5.41) is 16.6. The number of carbonyl (C=O) groups is 1. The molecular weight excluding hydrogens is 302 g/mol. The van der Waals surface area contributed by atoms with E-state index in [1.165, 1.54) is 6.92 Å². The van der Waals surface area contributed by atoms with Crippen molar-refractivity contribution >= 4 is 28.3 Å². The van der Waals surface area contributed by atoms with Crippen molar-refractivity contribution in [1.82, 2.24) is 4.98 Å². The number of nitrogens with zero attached hydrogens (tertiary/aromatic N) is 1. The molecule has 0 aliphatic carbocycles. The van der Waals surface area contributed by atoms with Gasteiger partial charge in [-0.25, -0.2) is 4.98 Å².